The van der Waals surface area contributed by atoms with Gasteiger partial charge in [0.2, 0.25) is 5.95 Å². The van der Waals surface area contributed by atoms with Crippen LogP contribution < -0.4 is 5.32 Å². The monoisotopic (exact) mass is 346 g/mol. The molecule has 0 bridgehead atoms. The molecule has 0 radical (unpaired) electrons. The maximum absolute atomic E-state index is 14.4. The van der Waals surface area contributed by atoms with E-state index in [0.717, 1.165) is 17.4 Å². The minimum absolute atomic E-state index is 0.00166. The third kappa shape index (κ3) is 3.13. The largest absolute Gasteiger partial charge is 0.367 e. The Labute approximate surface area is 138 Å². The summed E-state index contributed by atoms with van der Waals surface area (Å²) >= 11 is 0. The Hall–Kier alpha value is -2.74. The predicted octanol–water partition coefficient (Wildman–Crippen LogP) is 3.07. The summed E-state index contributed by atoms with van der Waals surface area (Å²) in [5, 5.41) is 2.74. The molecule has 0 saturated heterocycles. The van der Waals surface area contributed by atoms with E-state index < -0.39 is 15.7 Å². The van der Waals surface area contributed by atoms with Crippen LogP contribution in [0.1, 0.15) is 5.56 Å². The van der Waals surface area contributed by atoms with Crippen molar-refractivity contribution in [3.8, 4) is 11.3 Å². The summed E-state index contributed by atoms with van der Waals surface area (Å²) in [4.78, 5) is 11.1. The highest BCUT2D eigenvalue weighted by Crippen LogP contribution is 2.26. The number of H-pyrrole nitrogens is 1. The van der Waals surface area contributed by atoms with Crippen LogP contribution in [0.3, 0.4) is 0 Å². The molecule has 8 heteroatoms. The van der Waals surface area contributed by atoms with Gasteiger partial charge in [-0.1, -0.05) is 6.07 Å². The van der Waals surface area contributed by atoms with Crippen LogP contribution in [0.25, 0.3) is 11.3 Å². The molecule has 124 valence electrons. The van der Waals surface area contributed by atoms with Gasteiger partial charge in [0.05, 0.1) is 11.4 Å². The van der Waals surface area contributed by atoms with Crippen LogP contribution in [-0.2, 0) is 9.84 Å². The molecule has 0 aliphatic rings. The number of aromatic amines is 1. The van der Waals surface area contributed by atoms with E-state index in [1.54, 1.807) is 18.6 Å². The quantitative estimate of drug-likeness (QED) is 0.758. The van der Waals surface area contributed by atoms with Gasteiger partial charge in [-0.15, -0.1) is 0 Å². The lowest BCUT2D eigenvalue weighted by atomic mass is 10.1. The summed E-state index contributed by atoms with van der Waals surface area (Å²) in [6, 6.07) is 5.98. The molecule has 0 aliphatic heterocycles. The van der Waals surface area contributed by atoms with Gasteiger partial charge in [-0.25, -0.2) is 22.8 Å². The van der Waals surface area contributed by atoms with Crippen molar-refractivity contribution in [1.29, 1.82) is 0 Å². The Kier molecular flexibility index (Phi) is 4.06. The summed E-state index contributed by atoms with van der Waals surface area (Å²) in [5.41, 5.74) is 2.45. The molecular weight excluding hydrogens is 331 g/mol. The van der Waals surface area contributed by atoms with Crippen molar-refractivity contribution in [3.05, 3.63) is 54.2 Å². The zero-order chi connectivity index (χ0) is 17.3. The van der Waals surface area contributed by atoms with Gasteiger partial charge in [-0.3, -0.25) is 0 Å². The number of nitrogens with one attached hydrogen (secondary N) is 2. The Morgan fingerprint density at radius 1 is 1.25 bits per heavy atom. The molecule has 1 aromatic carbocycles. The topological polar surface area (TPSA) is 87.7 Å². The minimum atomic E-state index is -3.66. The number of rotatable bonds is 4. The van der Waals surface area contributed by atoms with Crippen LogP contribution in [0.2, 0.25) is 0 Å². The standard InChI is InChI=1S/C16H15FN4O2S/c1-10-8-19-16(21-15(10)11-6-7-18-9-11)20-12-4-3-5-13(14(12)17)24(2,22)23/h3-9,18H,1-2H3,(H,19,20,21). The van der Waals surface area contributed by atoms with Gasteiger partial charge in [0, 0.05) is 30.4 Å². The summed E-state index contributed by atoms with van der Waals surface area (Å²) in [6.45, 7) is 1.87. The minimum Gasteiger partial charge on any atom is -0.367 e. The third-order valence-corrected chi connectivity index (χ3v) is 4.57. The molecule has 0 spiro atoms. The summed E-state index contributed by atoms with van der Waals surface area (Å²) < 4.78 is 37.6. The first-order valence-corrected chi connectivity index (χ1v) is 8.98. The van der Waals surface area contributed by atoms with Crippen molar-refractivity contribution >= 4 is 21.5 Å². The van der Waals surface area contributed by atoms with Crippen molar-refractivity contribution in [2.45, 2.75) is 11.8 Å². The Bertz CT molecular complexity index is 985. The molecular formula is C16H15FN4O2S. The highest BCUT2D eigenvalue weighted by molar-refractivity contribution is 7.90. The molecule has 2 aromatic heterocycles. The Morgan fingerprint density at radius 2 is 2.04 bits per heavy atom. The maximum Gasteiger partial charge on any atom is 0.227 e. The molecule has 3 rings (SSSR count). The summed E-state index contributed by atoms with van der Waals surface area (Å²) in [7, 11) is -3.66. The molecule has 0 unspecified atom stereocenters. The number of benzene rings is 1. The predicted molar refractivity (Wildman–Crippen MR) is 89.3 cm³/mol. The smallest absolute Gasteiger partial charge is 0.227 e. The van der Waals surface area contributed by atoms with E-state index in [1.807, 2.05) is 13.0 Å². The van der Waals surface area contributed by atoms with E-state index in [0.29, 0.717) is 5.69 Å². The Morgan fingerprint density at radius 3 is 2.71 bits per heavy atom. The molecule has 3 aromatic rings. The first kappa shape index (κ1) is 16.1. The molecule has 0 saturated carbocycles. The van der Waals surface area contributed by atoms with E-state index in [4.69, 9.17) is 0 Å². The second-order valence-corrected chi connectivity index (χ2v) is 7.32. The third-order valence-electron chi connectivity index (χ3n) is 3.45. The van der Waals surface area contributed by atoms with Crippen molar-refractivity contribution in [3.63, 3.8) is 0 Å². The Balaban J connectivity index is 2.00. The molecule has 0 aliphatic carbocycles. The fourth-order valence-corrected chi connectivity index (χ4v) is 3.04. The summed E-state index contributed by atoms with van der Waals surface area (Å²) in [5.74, 6) is -0.672. The van der Waals surface area contributed by atoms with Crippen LogP contribution >= 0.6 is 0 Å². The fourth-order valence-electron chi connectivity index (χ4n) is 2.28. The fraction of sp³-hybridized carbons (Fsp3) is 0.125. The van der Waals surface area contributed by atoms with E-state index in [-0.39, 0.29) is 16.5 Å². The van der Waals surface area contributed by atoms with Crippen LogP contribution in [0.4, 0.5) is 16.0 Å². The van der Waals surface area contributed by atoms with E-state index in [2.05, 4.69) is 20.3 Å². The van der Waals surface area contributed by atoms with Gasteiger partial charge in [0.15, 0.2) is 15.7 Å². The van der Waals surface area contributed by atoms with Gasteiger partial charge in [0.25, 0.3) is 0 Å². The van der Waals surface area contributed by atoms with Gasteiger partial charge < -0.3 is 10.3 Å². The van der Waals surface area contributed by atoms with E-state index >= 15 is 0 Å². The average Bonchev–Trinajstić information content (AvgIpc) is 3.04. The van der Waals surface area contributed by atoms with Crippen molar-refractivity contribution < 1.29 is 12.8 Å². The van der Waals surface area contributed by atoms with Crippen molar-refractivity contribution in [2.24, 2.45) is 0 Å². The lowest BCUT2D eigenvalue weighted by molar-refractivity contribution is 0.573. The number of halogens is 1. The maximum atomic E-state index is 14.4. The first-order valence-electron chi connectivity index (χ1n) is 7.08. The number of aryl methyl sites for hydroxylation is 1. The number of hydrogen-bond acceptors (Lipinski definition) is 5. The lowest BCUT2D eigenvalue weighted by Crippen LogP contribution is -2.05. The average molecular weight is 346 g/mol. The molecule has 6 nitrogen and oxygen atoms in total. The van der Waals surface area contributed by atoms with Crippen LogP contribution in [0, 0.1) is 12.7 Å². The molecule has 2 N–H and O–H groups in total. The summed E-state index contributed by atoms with van der Waals surface area (Å²) in [6.07, 6.45) is 6.15. The number of sulfone groups is 1. The van der Waals surface area contributed by atoms with E-state index in [1.165, 1.54) is 18.2 Å². The molecule has 0 fully saturated rings. The van der Waals surface area contributed by atoms with Crippen molar-refractivity contribution in [2.75, 3.05) is 11.6 Å². The first-order chi connectivity index (χ1) is 11.4. The molecule has 0 atom stereocenters. The van der Waals surface area contributed by atoms with Gasteiger partial charge in [-0.2, -0.15) is 0 Å². The van der Waals surface area contributed by atoms with Crippen LogP contribution in [0.5, 0.6) is 0 Å². The van der Waals surface area contributed by atoms with Gasteiger partial charge in [0.1, 0.15) is 4.90 Å². The zero-order valence-electron chi connectivity index (χ0n) is 13.0. The van der Waals surface area contributed by atoms with Crippen LogP contribution in [0.15, 0.2) is 47.8 Å². The SMILES string of the molecule is Cc1cnc(Nc2cccc(S(C)(=O)=O)c2F)nc1-c1cc[nH]c1. The zero-order valence-corrected chi connectivity index (χ0v) is 13.9. The number of hydrogen-bond donors (Lipinski definition) is 2. The molecule has 2 heterocycles. The van der Waals surface area contributed by atoms with Gasteiger partial charge in [-0.05, 0) is 30.7 Å². The second kappa shape index (κ2) is 6.04. The molecule has 24 heavy (non-hydrogen) atoms. The number of nitrogens with zero attached hydrogens (tertiary/aromatic N) is 2. The number of anilines is 2. The van der Waals surface area contributed by atoms with Crippen LogP contribution in [-0.4, -0.2) is 29.6 Å². The van der Waals surface area contributed by atoms with Gasteiger partial charge >= 0.3 is 0 Å². The highest BCUT2D eigenvalue weighted by Gasteiger charge is 2.17. The normalized spacial score (nSPS) is 11.5. The van der Waals surface area contributed by atoms with Crippen molar-refractivity contribution in [1.82, 2.24) is 15.0 Å². The molecule has 0 amide bonds. The highest BCUT2D eigenvalue weighted by atomic mass is 32.2. The second-order valence-electron chi connectivity index (χ2n) is 5.34. The van der Waals surface area contributed by atoms with E-state index in [9.17, 15) is 12.8 Å². The lowest BCUT2D eigenvalue weighted by Gasteiger charge is -2.10. The number of aromatic nitrogens is 3.